The number of rotatable bonds is 6. The van der Waals surface area contributed by atoms with Gasteiger partial charge >= 0.3 is 0 Å². The second-order valence-electron chi connectivity index (χ2n) is 4.38. The van der Waals surface area contributed by atoms with Crippen molar-refractivity contribution >= 4 is 0 Å². The van der Waals surface area contributed by atoms with Gasteiger partial charge in [0, 0.05) is 12.6 Å². The van der Waals surface area contributed by atoms with Crippen molar-refractivity contribution in [3.05, 3.63) is 0 Å². The van der Waals surface area contributed by atoms with Crippen molar-refractivity contribution in [2.45, 2.75) is 31.7 Å². The molecular weight excluding hydrogens is 176 g/mol. The average Bonchev–Trinajstić information content (AvgIpc) is 2.18. The molecular formula is C11H24N2O. The largest absolute Gasteiger partial charge is 0.380 e. The summed E-state index contributed by atoms with van der Waals surface area (Å²) in [5.74, 6) is 0. The molecule has 1 aliphatic heterocycles. The lowest BCUT2D eigenvalue weighted by Gasteiger charge is -2.23. The second-order valence-corrected chi connectivity index (χ2v) is 4.38. The molecule has 1 unspecified atom stereocenters. The van der Waals surface area contributed by atoms with Gasteiger partial charge in [-0.25, -0.2) is 0 Å². The normalized spacial score (nSPS) is 22.9. The number of unbranched alkanes of at least 4 members (excludes halogenated alkanes) is 1. The first-order chi connectivity index (χ1) is 6.79. The molecule has 14 heavy (non-hydrogen) atoms. The highest BCUT2D eigenvalue weighted by molar-refractivity contribution is 4.69. The standard InChI is InChI=1S/C11H24N2O/c1-13(2)8-4-3-7-12-11-6-5-9-14-10-11/h11-12H,3-10H2,1-2H3. The predicted molar refractivity (Wildman–Crippen MR) is 59.6 cm³/mol. The molecule has 0 bridgehead atoms. The van der Waals surface area contributed by atoms with Crippen LogP contribution in [0, 0.1) is 0 Å². The smallest absolute Gasteiger partial charge is 0.0619 e. The Morgan fingerprint density at radius 3 is 2.86 bits per heavy atom. The molecule has 0 aliphatic carbocycles. The third-order valence-corrected chi connectivity index (χ3v) is 2.63. The number of ether oxygens (including phenoxy) is 1. The van der Waals surface area contributed by atoms with Gasteiger partial charge in [-0.15, -0.1) is 0 Å². The first-order valence-electron chi connectivity index (χ1n) is 5.75. The first-order valence-corrected chi connectivity index (χ1v) is 5.75. The first kappa shape index (κ1) is 12.0. The number of hydrogen-bond donors (Lipinski definition) is 1. The summed E-state index contributed by atoms with van der Waals surface area (Å²) in [6, 6.07) is 0.614. The Hall–Kier alpha value is -0.120. The van der Waals surface area contributed by atoms with Gasteiger partial charge in [0.2, 0.25) is 0 Å². The summed E-state index contributed by atoms with van der Waals surface area (Å²) < 4.78 is 5.41. The van der Waals surface area contributed by atoms with E-state index in [0.717, 1.165) is 19.8 Å². The summed E-state index contributed by atoms with van der Waals surface area (Å²) in [5.41, 5.74) is 0. The van der Waals surface area contributed by atoms with Gasteiger partial charge in [-0.2, -0.15) is 0 Å². The molecule has 1 rings (SSSR count). The summed E-state index contributed by atoms with van der Waals surface area (Å²) in [6.07, 6.45) is 5.06. The van der Waals surface area contributed by atoms with E-state index in [1.165, 1.54) is 32.2 Å². The minimum Gasteiger partial charge on any atom is -0.380 e. The van der Waals surface area contributed by atoms with Crippen LogP contribution in [0.1, 0.15) is 25.7 Å². The lowest BCUT2D eigenvalue weighted by atomic mass is 10.1. The Bertz CT molecular complexity index is 133. The van der Waals surface area contributed by atoms with Crippen molar-refractivity contribution < 1.29 is 4.74 Å². The Morgan fingerprint density at radius 2 is 2.21 bits per heavy atom. The van der Waals surface area contributed by atoms with Crippen LogP contribution in [0.3, 0.4) is 0 Å². The SMILES string of the molecule is CN(C)CCCCNC1CCCOC1. The molecule has 1 heterocycles. The van der Waals surface area contributed by atoms with Gasteiger partial charge in [-0.1, -0.05) is 0 Å². The molecule has 84 valence electrons. The highest BCUT2D eigenvalue weighted by Gasteiger charge is 2.11. The van der Waals surface area contributed by atoms with Crippen LogP contribution in [0.2, 0.25) is 0 Å². The molecule has 1 aliphatic rings. The molecule has 0 spiro atoms. The highest BCUT2D eigenvalue weighted by Crippen LogP contribution is 2.05. The van der Waals surface area contributed by atoms with Gasteiger partial charge in [0.1, 0.15) is 0 Å². The monoisotopic (exact) mass is 200 g/mol. The Morgan fingerprint density at radius 1 is 1.36 bits per heavy atom. The quantitative estimate of drug-likeness (QED) is 0.650. The van der Waals surface area contributed by atoms with Gasteiger partial charge in [0.05, 0.1) is 6.61 Å². The van der Waals surface area contributed by atoms with Crippen molar-refractivity contribution in [3.63, 3.8) is 0 Å². The van der Waals surface area contributed by atoms with E-state index in [1.807, 2.05) is 0 Å². The molecule has 0 aromatic rings. The number of nitrogens with zero attached hydrogens (tertiary/aromatic N) is 1. The van der Waals surface area contributed by atoms with E-state index in [0.29, 0.717) is 6.04 Å². The molecule has 1 N–H and O–H groups in total. The minimum atomic E-state index is 0.614. The molecule has 0 saturated carbocycles. The Kier molecular flexibility index (Phi) is 6.15. The summed E-state index contributed by atoms with van der Waals surface area (Å²) >= 11 is 0. The van der Waals surface area contributed by atoms with Gasteiger partial charge in [-0.05, 0) is 52.9 Å². The minimum absolute atomic E-state index is 0.614. The summed E-state index contributed by atoms with van der Waals surface area (Å²) in [5, 5.41) is 3.55. The van der Waals surface area contributed by atoms with Gasteiger partial charge in [0.25, 0.3) is 0 Å². The van der Waals surface area contributed by atoms with E-state index in [2.05, 4.69) is 24.3 Å². The Labute approximate surface area is 87.8 Å². The van der Waals surface area contributed by atoms with Gasteiger partial charge in [-0.3, -0.25) is 0 Å². The van der Waals surface area contributed by atoms with Crippen LogP contribution >= 0.6 is 0 Å². The van der Waals surface area contributed by atoms with Gasteiger partial charge in [0.15, 0.2) is 0 Å². The van der Waals surface area contributed by atoms with E-state index in [1.54, 1.807) is 0 Å². The zero-order chi connectivity index (χ0) is 10.2. The van der Waals surface area contributed by atoms with E-state index >= 15 is 0 Å². The summed E-state index contributed by atoms with van der Waals surface area (Å²) in [4.78, 5) is 2.24. The maximum absolute atomic E-state index is 5.41. The molecule has 0 aromatic heterocycles. The fourth-order valence-electron chi connectivity index (χ4n) is 1.76. The van der Waals surface area contributed by atoms with Crippen molar-refractivity contribution in [1.82, 2.24) is 10.2 Å². The van der Waals surface area contributed by atoms with Crippen LogP contribution in [0.4, 0.5) is 0 Å². The van der Waals surface area contributed by atoms with Gasteiger partial charge < -0.3 is 15.0 Å². The lowest BCUT2D eigenvalue weighted by Crippen LogP contribution is -2.37. The van der Waals surface area contributed by atoms with E-state index in [-0.39, 0.29) is 0 Å². The topological polar surface area (TPSA) is 24.5 Å². The molecule has 3 heteroatoms. The van der Waals surface area contributed by atoms with Crippen LogP contribution in [-0.4, -0.2) is 51.3 Å². The molecule has 1 fully saturated rings. The molecule has 0 amide bonds. The average molecular weight is 200 g/mol. The van der Waals surface area contributed by atoms with Crippen molar-refractivity contribution in [2.75, 3.05) is 40.4 Å². The van der Waals surface area contributed by atoms with Crippen molar-refractivity contribution in [1.29, 1.82) is 0 Å². The third kappa shape index (κ3) is 5.58. The zero-order valence-corrected chi connectivity index (χ0v) is 9.59. The van der Waals surface area contributed by atoms with Crippen LogP contribution in [0.15, 0.2) is 0 Å². The molecule has 1 atom stereocenters. The summed E-state index contributed by atoms with van der Waals surface area (Å²) in [6.45, 7) is 4.21. The Balaban J connectivity index is 1.87. The van der Waals surface area contributed by atoms with Crippen LogP contribution in [0.5, 0.6) is 0 Å². The molecule has 1 saturated heterocycles. The van der Waals surface area contributed by atoms with Crippen LogP contribution in [-0.2, 0) is 4.74 Å². The van der Waals surface area contributed by atoms with E-state index in [4.69, 9.17) is 4.74 Å². The zero-order valence-electron chi connectivity index (χ0n) is 9.59. The summed E-state index contributed by atoms with van der Waals surface area (Å²) in [7, 11) is 4.25. The second kappa shape index (κ2) is 7.21. The lowest BCUT2D eigenvalue weighted by molar-refractivity contribution is 0.0704. The van der Waals surface area contributed by atoms with Crippen LogP contribution in [0.25, 0.3) is 0 Å². The maximum atomic E-state index is 5.41. The van der Waals surface area contributed by atoms with E-state index in [9.17, 15) is 0 Å². The third-order valence-electron chi connectivity index (χ3n) is 2.63. The highest BCUT2D eigenvalue weighted by atomic mass is 16.5. The number of hydrogen-bond acceptors (Lipinski definition) is 3. The fraction of sp³-hybridized carbons (Fsp3) is 1.00. The molecule has 0 aromatic carbocycles. The maximum Gasteiger partial charge on any atom is 0.0619 e. The van der Waals surface area contributed by atoms with Crippen molar-refractivity contribution in [2.24, 2.45) is 0 Å². The fourth-order valence-corrected chi connectivity index (χ4v) is 1.76. The molecule has 3 nitrogen and oxygen atoms in total. The van der Waals surface area contributed by atoms with Crippen molar-refractivity contribution in [3.8, 4) is 0 Å². The number of nitrogens with one attached hydrogen (secondary N) is 1. The van der Waals surface area contributed by atoms with Crippen LogP contribution < -0.4 is 5.32 Å². The molecule has 0 radical (unpaired) electrons. The predicted octanol–water partition coefficient (Wildman–Crippen LogP) is 1.10. The van der Waals surface area contributed by atoms with E-state index < -0.39 is 0 Å².